The molecule has 1 N–H and O–H groups in total. The van der Waals surface area contributed by atoms with Crippen molar-refractivity contribution in [3.63, 3.8) is 0 Å². The van der Waals surface area contributed by atoms with Crippen molar-refractivity contribution < 1.29 is 18.9 Å². The lowest BCUT2D eigenvalue weighted by Crippen LogP contribution is -2.13. The second-order valence-corrected chi connectivity index (χ2v) is 5.95. The molecule has 0 saturated carbocycles. The minimum Gasteiger partial charge on any atom is -0.493 e. The monoisotopic (exact) mass is 393 g/mol. The second kappa shape index (κ2) is 7.63. The molecule has 26 heavy (non-hydrogen) atoms. The summed E-state index contributed by atoms with van der Waals surface area (Å²) in [6.45, 7) is 0. The zero-order chi connectivity index (χ0) is 18.7. The average molecular weight is 394 g/mol. The standard InChI is InChI=1S/C17H13Cl2N3O4/c1-24-13-6-3-9(7-14(13)25-2)15-16(22-26-21-15)20-17(23)11-5-4-10(18)8-12(11)19/h3-8H,1-2H3,(H,20,22,23). The third kappa shape index (κ3) is 3.58. The molecule has 0 aliphatic carbocycles. The third-order valence-electron chi connectivity index (χ3n) is 3.55. The van der Waals surface area contributed by atoms with Gasteiger partial charge in [0.1, 0.15) is 0 Å². The summed E-state index contributed by atoms with van der Waals surface area (Å²) in [6, 6.07) is 9.72. The van der Waals surface area contributed by atoms with Gasteiger partial charge < -0.3 is 14.8 Å². The zero-order valence-corrected chi connectivity index (χ0v) is 15.3. The van der Waals surface area contributed by atoms with Gasteiger partial charge in [-0.05, 0) is 46.7 Å². The highest BCUT2D eigenvalue weighted by molar-refractivity contribution is 6.37. The highest BCUT2D eigenvalue weighted by atomic mass is 35.5. The number of amides is 1. The second-order valence-electron chi connectivity index (χ2n) is 5.11. The van der Waals surface area contributed by atoms with Crippen molar-refractivity contribution in [1.29, 1.82) is 0 Å². The van der Waals surface area contributed by atoms with E-state index in [2.05, 4.69) is 15.6 Å². The molecule has 0 unspecified atom stereocenters. The number of benzene rings is 2. The molecule has 1 amide bonds. The Bertz CT molecular complexity index is 959. The number of methoxy groups -OCH3 is 2. The van der Waals surface area contributed by atoms with Crippen molar-refractivity contribution >= 4 is 34.9 Å². The highest BCUT2D eigenvalue weighted by Crippen LogP contribution is 2.34. The summed E-state index contributed by atoms with van der Waals surface area (Å²) in [4.78, 5) is 12.5. The molecule has 0 atom stereocenters. The molecular formula is C17H13Cl2N3O4. The van der Waals surface area contributed by atoms with Gasteiger partial charge in [0.15, 0.2) is 17.2 Å². The number of carbonyl (C=O) groups is 1. The van der Waals surface area contributed by atoms with Gasteiger partial charge in [0.25, 0.3) is 5.91 Å². The molecule has 7 nitrogen and oxygen atoms in total. The maximum Gasteiger partial charge on any atom is 0.258 e. The molecule has 134 valence electrons. The van der Waals surface area contributed by atoms with Gasteiger partial charge in [-0.1, -0.05) is 23.2 Å². The quantitative estimate of drug-likeness (QED) is 0.694. The van der Waals surface area contributed by atoms with Crippen LogP contribution < -0.4 is 14.8 Å². The van der Waals surface area contributed by atoms with Gasteiger partial charge in [-0.25, -0.2) is 4.63 Å². The predicted molar refractivity (Wildman–Crippen MR) is 97.3 cm³/mol. The Hall–Kier alpha value is -2.77. The fourth-order valence-electron chi connectivity index (χ4n) is 2.29. The van der Waals surface area contributed by atoms with E-state index in [1.807, 2.05) is 0 Å². The Labute approximate surface area is 158 Å². The first-order valence-corrected chi connectivity index (χ1v) is 8.10. The number of nitrogens with zero attached hydrogens (tertiary/aromatic N) is 2. The summed E-state index contributed by atoms with van der Waals surface area (Å²) in [6.07, 6.45) is 0. The normalized spacial score (nSPS) is 10.5. The Morgan fingerprint density at radius 3 is 2.50 bits per heavy atom. The Morgan fingerprint density at radius 1 is 1.04 bits per heavy atom. The number of carbonyl (C=O) groups excluding carboxylic acids is 1. The fraction of sp³-hybridized carbons (Fsp3) is 0.118. The number of aromatic nitrogens is 2. The molecule has 3 rings (SSSR count). The SMILES string of the molecule is COc1ccc(-c2nonc2NC(=O)c2ccc(Cl)cc2Cl)cc1OC. The van der Waals surface area contributed by atoms with Crippen LogP contribution in [0.25, 0.3) is 11.3 Å². The van der Waals surface area contributed by atoms with Crippen molar-refractivity contribution in [2.45, 2.75) is 0 Å². The lowest BCUT2D eigenvalue weighted by molar-refractivity contribution is 0.102. The largest absolute Gasteiger partial charge is 0.493 e. The number of hydrogen-bond donors (Lipinski definition) is 1. The minimum atomic E-state index is -0.468. The van der Waals surface area contributed by atoms with Crippen LogP contribution in [0.3, 0.4) is 0 Å². The van der Waals surface area contributed by atoms with E-state index in [-0.39, 0.29) is 16.4 Å². The maximum absolute atomic E-state index is 12.5. The molecule has 3 aromatic rings. The summed E-state index contributed by atoms with van der Waals surface area (Å²) in [5.41, 5.74) is 1.21. The van der Waals surface area contributed by atoms with Crippen LogP contribution in [0.15, 0.2) is 41.0 Å². The molecule has 0 spiro atoms. The fourth-order valence-corrected chi connectivity index (χ4v) is 2.79. The van der Waals surface area contributed by atoms with Crippen LogP contribution >= 0.6 is 23.2 Å². The van der Waals surface area contributed by atoms with Crippen molar-refractivity contribution in [3.8, 4) is 22.8 Å². The zero-order valence-electron chi connectivity index (χ0n) is 13.7. The molecule has 0 aliphatic heterocycles. The van der Waals surface area contributed by atoms with Gasteiger partial charge in [0.2, 0.25) is 5.82 Å². The first kappa shape index (κ1) is 18.0. The van der Waals surface area contributed by atoms with Gasteiger partial charge in [0, 0.05) is 10.6 Å². The lowest BCUT2D eigenvalue weighted by Gasteiger charge is -2.09. The van der Waals surface area contributed by atoms with Gasteiger partial charge in [-0.2, -0.15) is 0 Å². The van der Waals surface area contributed by atoms with Crippen molar-refractivity contribution in [3.05, 3.63) is 52.0 Å². The Balaban J connectivity index is 1.90. The molecule has 9 heteroatoms. The summed E-state index contributed by atoms with van der Waals surface area (Å²) in [5.74, 6) is 0.745. The van der Waals surface area contributed by atoms with Crippen LogP contribution in [-0.2, 0) is 0 Å². The number of rotatable bonds is 5. The number of anilines is 1. The van der Waals surface area contributed by atoms with Crippen molar-refractivity contribution in [2.75, 3.05) is 19.5 Å². The Kier molecular flexibility index (Phi) is 5.29. The van der Waals surface area contributed by atoms with Crippen LogP contribution in [0, 0.1) is 0 Å². The lowest BCUT2D eigenvalue weighted by atomic mass is 10.1. The van der Waals surface area contributed by atoms with Crippen LogP contribution in [0.5, 0.6) is 11.5 Å². The molecule has 0 radical (unpaired) electrons. The van der Waals surface area contributed by atoms with Gasteiger partial charge >= 0.3 is 0 Å². The van der Waals surface area contributed by atoms with E-state index in [0.29, 0.717) is 27.8 Å². The summed E-state index contributed by atoms with van der Waals surface area (Å²) >= 11 is 11.9. The van der Waals surface area contributed by atoms with E-state index >= 15 is 0 Å². The molecule has 1 heterocycles. The predicted octanol–water partition coefficient (Wildman–Crippen LogP) is 4.31. The number of nitrogens with one attached hydrogen (secondary N) is 1. The molecule has 0 aliphatic rings. The average Bonchev–Trinajstić information content (AvgIpc) is 3.09. The van der Waals surface area contributed by atoms with Gasteiger partial charge in [-0.15, -0.1) is 0 Å². The van der Waals surface area contributed by atoms with Crippen LogP contribution in [0.1, 0.15) is 10.4 Å². The smallest absolute Gasteiger partial charge is 0.258 e. The Morgan fingerprint density at radius 2 is 1.81 bits per heavy atom. The van der Waals surface area contributed by atoms with Crippen molar-refractivity contribution in [1.82, 2.24) is 10.3 Å². The molecule has 0 bridgehead atoms. The van der Waals surface area contributed by atoms with Crippen molar-refractivity contribution in [2.24, 2.45) is 0 Å². The van der Waals surface area contributed by atoms with E-state index in [1.54, 1.807) is 24.3 Å². The summed E-state index contributed by atoms with van der Waals surface area (Å²) < 4.78 is 15.3. The highest BCUT2D eigenvalue weighted by Gasteiger charge is 2.19. The van der Waals surface area contributed by atoms with Gasteiger partial charge in [0.05, 0.1) is 24.8 Å². The van der Waals surface area contributed by atoms with E-state index in [4.69, 9.17) is 37.3 Å². The number of halogens is 2. The summed E-state index contributed by atoms with van der Waals surface area (Å²) in [5, 5.41) is 10.9. The third-order valence-corrected chi connectivity index (χ3v) is 4.10. The topological polar surface area (TPSA) is 86.5 Å². The first-order valence-electron chi connectivity index (χ1n) is 7.35. The molecule has 1 aromatic heterocycles. The van der Waals surface area contributed by atoms with Crippen LogP contribution in [-0.4, -0.2) is 30.4 Å². The van der Waals surface area contributed by atoms with Gasteiger partial charge in [-0.3, -0.25) is 4.79 Å². The van der Waals surface area contributed by atoms with Crippen LogP contribution in [0.2, 0.25) is 10.0 Å². The molecule has 0 saturated heterocycles. The summed E-state index contributed by atoms with van der Waals surface area (Å²) in [7, 11) is 3.06. The molecular weight excluding hydrogens is 381 g/mol. The first-order chi connectivity index (χ1) is 12.5. The van der Waals surface area contributed by atoms with E-state index in [0.717, 1.165) is 0 Å². The number of ether oxygens (including phenoxy) is 2. The molecule has 2 aromatic carbocycles. The maximum atomic E-state index is 12.5. The number of hydrogen-bond acceptors (Lipinski definition) is 6. The van der Waals surface area contributed by atoms with E-state index in [1.165, 1.54) is 26.4 Å². The van der Waals surface area contributed by atoms with E-state index in [9.17, 15) is 4.79 Å². The molecule has 0 fully saturated rings. The minimum absolute atomic E-state index is 0.147. The van der Waals surface area contributed by atoms with E-state index < -0.39 is 5.91 Å². The van der Waals surface area contributed by atoms with Crippen LogP contribution in [0.4, 0.5) is 5.82 Å².